The molecule has 108 heavy (non-hydrogen) atoms. The quantitative estimate of drug-likeness (QED) is 0.0522. The molecule has 0 atom stereocenters. The lowest BCUT2D eigenvalue weighted by molar-refractivity contribution is 0.289. The first-order valence-corrected chi connectivity index (χ1v) is 44.6. The first kappa shape index (κ1) is 86.7. The topological polar surface area (TPSA) is 105 Å². The zero-order chi connectivity index (χ0) is 75.5. The molecule has 592 valence electrons. The summed E-state index contributed by atoms with van der Waals surface area (Å²) < 4.78 is 42.0. The maximum absolute atomic E-state index is 7.03. The summed E-state index contributed by atoms with van der Waals surface area (Å²) >= 11 is 0. The van der Waals surface area contributed by atoms with Crippen molar-refractivity contribution in [3.05, 3.63) is 149 Å². The van der Waals surface area contributed by atoms with E-state index < -0.39 is 0 Å². The molecule has 0 N–H and O–H groups in total. The van der Waals surface area contributed by atoms with Crippen molar-refractivity contribution in [2.24, 2.45) is 20.0 Å². The third kappa shape index (κ3) is 32.9. The molecule has 3 aromatic rings. The van der Waals surface area contributed by atoms with Crippen molar-refractivity contribution in [2.75, 3.05) is 39.6 Å². The number of hydrogen-bond acceptors (Lipinski definition) is 10. The van der Waals surface area contributed by atoms with Gasteiger partial charge >= 0.3 is 0 Å². The molecule has 0 saturated carbocycles. The van der Waals surface area contributed by atoms with Crippen LogP contribution in [0.25, 0.3) is 16.7 Å². The Morgan fingerprint density at radius 3 is 0.741 bits per heavy atom. The second-order valence-corrected chi connectivity index (χ2v) is 31.3. The Bertz CT molecular complexity index is 3370. The summed E-state index contributed by atoms with van der Waals surface area (Å²) in [6, 6.07) is 19.8. The van der Waals surface area contributed by atoms with Gasteiger partial charge in [0.15, 0.2) is 0 Å². The molecule has 5 aliphatic rings. The lowest BCUT2D eigenvalue weighted by Gasteiger charge is -2.19. The van der Waals surface area contributed by atoms with Crippen molar-refractivity contribution < 1.29 is 28.4 Å². The van der Waals surface area contributed by atoms with Gasteiger partial charge in [-0.1, -0.05) is 311 Å². The number of allylic oxidation sites excluding steroid dienone is 12. The van der Waals surface area contributed by atoms with Crippen LogP contribution in [0.5, 0.6) is 34.5 Å². The molecule has 0 amide bonds. The van der Waals surface area contributed by atoms with Crippen molar-refractivity contribution in [1.82, 2.24) is 0 Å². The number of rotatable bonds is 63. The summed E-state index contributed by atoms with van der Waals surface area (Å²) in [5.41, 5.74) is 11.8. The van der Waals surface area contributed by atoms with E-state index in [1.165, 1.54) is 231 Å². The van der Waals surface area contributed by atoms with Crippen molar-refractivity contribution in [2.45, 2.75) is 350 Å². The summed E-state index contributed by atoms with van der Waals surface area (Å²) in [7, 11) is 0. The first-order valence-electron chi connectivity index (χ1n) is 44.6. The fraction of sp³-hybridized carbons (Fsp3) is 0.612. The van der Waals surface area contributed by atoms with E-state index in [1.54, 1.807) is 0 Å². The Hall–Kier alpha value is -6.94. The van der Waals surface area contributed by atoms with Gasteiger partial charge in [0.2, 0.25) is 0 Å². The molecule has 0 spiro atoms. The van der Waals surface area contributed by atoms with Gasteiger partial charge in [0.1, 0.15) is 34.5 Å². The minimum Gasteiger partial charge on any atom is -0.493 e. The second kappa shape index (κ2) is 53.8. The van der Waals surface area contributed by atoms with Gasteiger partial charge in [0, 0.05) is 34.9 Å². The summed E-state index contributed by atoms with van der Waals surface area (Å²) in [6.45, 7) is 17.4. The minimum absolute atomic E-state index is 0.606. The number of benzene rings is 3. The highest BCUT2D eigenvalue weighted by Crippen LogP contribution is 2.48. The summed E-state index contributed by atoms with van der Waals surface area (Å²) in [5, 5.41) is 0. The zero-order valence-electron chi connectivity index (χ0n) is 68.8. The van der Waals surface area contributed by atoms with Gasteiger partial charge in [0.25, 0.3) is 0 Å². The lowest BCUT2D eigenvalue weighted by Crippen LogP contribution is -2.06. The molecule has 0 aromatic heterocycles. The fourth-order valence-electron chi connectivity index (χ4n) is 15.1. The largest absolute Gasteiger partial charge is 0.493 e. The maximum Gasteiger partial charge on any atom is 0.123 e. The highest BCUT2D eigenvalue weighted by atomic mass is 16.5. The van der Waals surface area contributed by atoms with Gasteiger partial charge in [-0.25, -0.2) is 20.0 Å². The molecule has 10 nitrogen and oxygen atoms in total. The number of nitrogens with zero attached hydrogens (tertiary/aromatic N) is 4. The van der Waals surface area contributed by atoms with Crippen molar-refractivity contribution in [1.29, 1.82) is 0 Å². The van der Waals surface area contributed by atoms with Crippen LogP contribution in [-0.2, 0) is 0 Å². The van der Waals surface area contributed by atoms with Crippen molar-refractivity contribution in [3.63, 3.8) is 0 Å². The number of hydrogen-bond donors (Lipinski definition) is 0. The van der Waals surface area contributed by atoms with Crippen LogP contribution >= 0.6 is 0 Å². The predicted molar refractivity (Wildman–Crippen MR) is 463 cm³/mol. The molecular formula is C98H144N4O6. The van der Waals surface area contributed by atoms with Crippen LogP contribution in [-0.4, -0.2) is 62.5 Å². The van der Waals surface area contributed by atoms with Crippen LogP contribution in [0.15, 0.2) is 152 Å². The van der Waals surface area contributed by atoms with Crippen LogP contribution in [0.4, 0.5) is 0 Å². The Labute approximate surface area is 656 Å². The fourth-order valence-corrected chi connectivity index (χ4v) is 15.1. The Balaban J connectivity index is 1.33. The van der Waals surface area contributed by atoms with E-state index in [0.717, 1.165) is 191 Å². The molecule has 0 saturated heterocycles. The Morgan fingerprint density at radius 2 is 0.444 bits per heavy atom. The highest BCUT2D eigenvalue weighted by Gasteiger charge is 2.33. The molecule has 8 rings (SSSR count). The SMILES string of the molecule is CCCCCCCCCCOc1cc(OCCCCCCCCCC)cc(C2=C3N=C(C=C4C=CC(=N4)C=C4C=CC(=N4)C=C4C=CC2=N4)C(c2cc(OCCCCCCCCCC)cc(OCCCCCCCCCC)c2)=C3c2cc(OCCCCCCCCCC)cc(OCCCCCCCCCC)c2)c1. The minimum atomic E-state index is 0.606. The number of ether oxygens (including phenoxy) is 6. The molecule has 0 radical (unpaired) electrons. The first-order chi connectivity index (χ1) is 53.4. The highest BCUT2D eigenvalue weighted by molar-refractivity contribution is 6.43. The van der Waals surface area contributed by atoms with E-state index in [1.807, 2.05) is 0 Å². The summed E-state index contributed by atoms with van der Waals surface area (Å²) in [4.78, 5) is 22.1. The molecule has 8 bridgehead atoms. The van der Waals surface area contributed by atoms with E-state index in [0.29, 0.717) is 39.6 Å². The normalized spacial score (nSPS) is 14.4. The molecule has 3 aromatic carbocycles. The van der Waals surface area contributed by atoms with E-state index in [-0.39, 0.29) is 0 Å². The number of aliphatic imine (C=N–C) groups is 4. The predicted octanol–water partition coefficient (Wildman–Crippen LogP) is 29.3. The summed E-state index contributed by atoms with van der Waals surface area (Å²) in [5.74, 6) is 4.65. The van der Waals surface area contributed by atoms with Gasteiger partial charge in [-0.05, 0) is 146 Å². The molecule has 5 aliphatic heterocycles. The molecule has 5 heterocycles. The van der Waals surface area contributed by atoms with Gasteiger partial charge in [-0.2, -0.15) is 0 Å². The molecular weight excluding hydrogens is 1330 g/mol. The summed E-state index contributed by atoms with van der Waals surface area (Å²) in [6.07, 6.45) is 77.6. The third-order valence-corrected chi connectivity index (χ3v) is 21.5. The van der Waals surface area contributed by atoms with Gasteiger partial charge in [-0.3, -0.25) is 0 Å². The van der Waals surface area contributed by atoms with Crippen LogP contribution in [0, 0.1) is 0 Å². The Kier molecular flexibility index (Phi) is 43.2. The molecule has 0 unspecified atom stereocenters. The van der Waals surface area contributed by atoms with Gasteiger partial charge in [-0.15, -0.1) is 0 Å². The second-order valence-electron chi connectivity index (χ2n) is 31.3. The van der Waals surface area contributed by atoms with E-state index in [4.69, 9.17) is 48.4 Å². The van der Waals surface area contributed by atoms with Crippen LogP contribution in [0.3, 0.4) is 0 Å². The van der Waals surface area contributed by atoms with Gasteiger partial charge < -0.3 is 28.4 Å². The average Bonchev–Trinajstić information content (AvgIpc) is 1.58. The maximum atomic E-state index is 7.03. The standard InChI is InChI=1S/C98H144N4O6/c1-7-13-19-25-31-37-43-49-61-103-87-67-79(68-88(76-87)104-62-50-44-38-32-26-20-14-8-2)95-94-75-86-58-57-83(100-86)73-82-55-56-84(99-82)74-85-59-60-93(101-85)96(80-69-89(105-63-51-45-39-33-27-21-15-9-3)77-90(70-80)106-64-52-46-40-34-28-22-16-10-4)98(102-94)97(95)81-71-91(107-65-53-47-41-35-29-23-17-11-5)78-92(72-81)108-66-54-48-42-36-30-24-18-12-6/h55-60,67-78H,7-54,61-66H2,1-6H3. The molecule has 0 aliphatic carbocycles. The molecule has 0 fully saturated rings. The molecule has 10 heteroatoms. The van der Waals surface area contributed by atoms with Crippen LogP contribution in [0.1, 0.15) is 366 Å². The monoisotopic (exact) mass is 1470 g/mol. The Morgan fingerprint density at radius 1 is 0.204 bits per heavy atom. The third-order valence-electron chi connectivity index (χ3n) is 21.5. The van der Waals surface area contributed by atoms with Gasteiger partial charge in [0.05, 0.1) is 85.3 Å². The average molecular weight is 1470 g/mol. The van der Waals surface area contributed by atoms with E-state index in [9.17, 15) is 0 Å². The van der Waals surface area contributed by atoms with Crippen LogP contribution in [0.2, 0.25) is 0 Å². The van der Waals surface area contributed by atoms with E-state index >= 15 is 0 Å². The van der Waals surface area contributed by atoms with Crippen molar-refractivity contribution >= 4 is 39.6 Å². The number of unbranched alkanes of at least 4 members (excludes halogenated alkanes) is 42. The smallest absolute Gasteiger partial charge is 0.123 e. The zero-order valence-corrected chi connectivity index (χ0v) is 68.8. The lowest BCUT2D eigenvalue weighted by atomic mass is 9.87. The number of fused-ring (bicyclic) bond motifs is 4. The van der Waals surface area contributed by atoms with Crippen LogP contribution < -0.4 is 28.4 Å². The van der Waals surface area contributed by atoms with E-state index in [2.05, 4.69) is 151 Å². The van der Waals surface area contributed by atoms with Crippen molar-refractivity contribution in [3.8, 4) is 34.5 Å².